The number of hydrogen-bond acceptors (Lipinski definition) is 3. The van der Waals surface area contributed by atoms with Crippen molar-refractivity contribution < 1.29 is 0 Å². The summed E-state index contributed by atoms with van der Waals surface area (Å²) in [5.74, 6) is 0. The van der Waals surface area contributed by atoms with E-state index in [-0.39, 0.29) is 0 Å². The fraction of sp³-hybridized carbons (Fsp3) is 0.222. The minimum atomic E-state index is 0.887. The molecule has 0 aliphatic carbocycles. The van der Waals surface area contributed by atoms with Crippen LogP contribution in [0, 0.1) is 0 Å². The highest BCUT2D eigenvalue weighted by Crippen LogP contribution is 2.25. The van der Waals surface area contributed by atoms with Gasteiger partial charge in [0.2, 0.25) is 0 Å². The summed E-state index contributed by atoms with van der Waals surface area (Å²) in [4.78, 5) is 1.29. The zero-order valence-electron chi connectivity index (χ0n) is 7.17. The van der Waals surface area contributed by atoms with Crippen molar-refractivity contribution in [1.82, 2.24) is 9.69 Å². The maximum Gasteiger partial charge on any atom is 0.0844 e. The fourth-order valence-corrected chi connectivity index (χ4v) is 2.45. The van der Waals surface area contributed by atoms with E-state index in [4.69, 9.17) is 0 Å². The predicted octanol–water partition coefficient (Wildman–Crippen LogP) is 2.78. The Hall–Kier alpha value is -0.450. The Morgan fingerprint density at radius 3 is 3.15 bits per heavy atom. The third kappa shape index (κ3) is 1.75. The van der Waals surface area contributed by atoms with Gasteiger partial charge in [0, 0.05) is 21.3 Å². The summed E-state index contributed by atoms with van der Waals surface area (Å²) < 4.78 is 5.47. The van der Waals surface area contributed by atoms with Crippen molar-refractivity contribution in [1.29, 1.82) is 0 Å². The normalized spacial score (nSPS) is 10.9. The molecule has 0 unspecified atom stereocenters. The first-order valence-corrected chi connectivity index (χ1v) is 5.56. The van der Waals surface area contributed by atoms with Crippen LogP contribution in [0.5, 0.6) is 0 Å². The van der Waals surface area contributed by atoms with Crippen molar-refractivity contribution in [2.75, 3.05) is 7.05 Å². The van der Waals surface area contributed by atoms with E-state index >= 15 is 0 Å². The van der Waals surface area contributed by atoms with Crippen molar-refractivity contribution in [3.63, 3.8) is 0 Å². The van der Waals surface area contributed by atoms with Gasteiger partial charge in [0.05, 0.1) is 5.52 Å². The quantitative estimate of drug-likeness (QED) is 0.894. The van der Waals surface area contributed by atoms with Gasteiger partial charge >= 0.3 is 0 Å². The van der Waals surface area contributed by atoms with Crippen LogP contribution in [0.1, 0.15) is 4.88 Å². The molecule has 13 heavy (non-hydrogen) atoms. The van der Waals surface area contributed by atoms with Crippen molar-refractivity contribution in [3.05, 3.63) is 27.5 Å². The molecule has 0 fully saturated rings. The molecule has 0 radical (unpaired) electrons. The fourth-order valence-electron chi connectivity index (χ4n) is 1.25. The molecule has 0 bridgehead atoms. The molecule has 2 nitrogen and oxygen atoms in total. The molecule has 4 heteroatoms. The van der Waals surface area contributed by atoms with Crippen molar-refractivity contribution >= 4 is 38.4 Å². The van der Waals surface area contributed by atoms with E-state index in [0.717, 1.165) is 16.5 Å². The van der Waals surface area contributed by atoms with E-state index in [1.165, 1.54) is 10.3 Å². The van der Waals surface area contributed by atoms with Crippen molar-refractivity contribution in [2.45, 2.75) is 6.54 Å². The number of rotatable bonds is 2. The van der Waals surface area contributed by atoms with E-state index < -0.39 is 0 Å². The highest BCUT2D eigenvalue weighted by Gasteiger charge is 2.04. The zero-order chi connectivity index (χ0) is 9.26. The number of halogens is 1. The lowest BCUT2D eigenvalue weighted by atomic mass is 10.2. The molecule has 0 saturated heterocycles. The third-order valence-electron chi connectivity index (χ3n) is 1.85. The van der Waals surface area contributed by atoms with Gasteiger partial charge in [0.25, 0.3) is 0 Å². The summed E-state index contributed by atoms with van der Waals surface area (Å²) in [6.07, 6.45) is 0. The van der Waals surface area contributed by atoms with Crippen LogP contribution >= 0.6 is 27.5 Å². The first-order valence-electron chi connectivity index (χ1n) is 3.99. The number of fused-ring (bicyclic) bond motifs is 1. The predicted molar refractivity (Wildman–Crippen MR) is 60.1 cm³/mol. The van der Waals surface area contributed by atoms with Crippen LogP contribution in [0.4, 0.5) is 0 Å². The minimum Gasteiger partial charge on any atom is -0.315 e. The van der Waals surface area contributed by atoms with Gasteiger partial charge in [0.15, 0.2) is 0 Å². The number of aromatic nitrogens is 1. The lowest BCUT2D eigenvalue weighted by Crippen LogP contribution is -2.03. The third-order valence-corrected chi connectivity index (χ3v) is 3.22. The number of benzene rings is 1. The molecule has 0 atom stereocenters. The van der Waals surface area contributed by atoms with E-state index in [0.29, 0.717) is 0 Å². The maximum atomic E-state index is 4.36. The van der Waals surface area contributed by atoms with Gasteiger partial charge in [-0.2, -0.15) is 4.37 Å². The summed E-state index contributed by atoms with van der Waals surface area (Å²) in [7, 11) is 1.95. The van der Waals surface area contributed by atoms with Crippen molar-refractivity contribution in [3.8, 4) is 0 Å². The zero-order valence-corrected chi connectivity index (χ0v) is 9.58. The van der Waals surface area contributed by atoms with Crippen LogP contribution in [0.2, 0.25) is 0 Å². The Bertz CT molecular complexity index is 424. The molecule has 0 saturated carbocycles. The lowest BCUT2D eigenvalue weighted by molar-refractivity contribution is 0.836. The Balaban J connectivity index is 2.58. The van der Waals surface area contributed by atoms with Gasteiger partial charge < -0.3 is 5.32 Å². The molecular weight excluding hydrogens is 248 g/mol. The van der Waals surface area contributed by atoms with Crippen molar-refractivity contribution in [2.24, 2.45) is 0 Å². The highest BCUT2D eigenvalue weighted by molar-refractivity contribution is 9.10. The standard InChI is InChI=1S/C9H9BrN2S/c1-11-5-9-7-4-6(10)2-3-8(7)12-13-9/h2-4,11H,5H2,1H3. The number of nitrogens with one attached hydrogen (secondary N) is 1. The number of nitrogens with zero attached hydrogens (tertiary/aromatic N) is 1. The number of hydrogen-bond donors (Lipinski definition) is 1. The summed E-state index contributed by atoms with van der Waals surface area (Å²) >= 11 is 5.02. The molecule has 0 amide bonds. The van der Waals surface area contributed by atoms with Crippen LogP contribution in [-0.2, 0) is 6.54 Å². The second kappa shape index (κ2) is 3.74. The van der Waals surface area contributed by atoms with Crippen LogP contribution in [0.15, 0.2) is 22.7 Å². The van der Waals surface area contributed by atoms with Gasteiger partial charge in [-0.05, 0) is 36.8 Å². The second-order valence-corrected chi connectivity index (χ2v) is 4.57. The van der Waals surface area contributed by atoms with Crippen LogP contribution in [0.3, 0.4) is 0 Å². The van der Waals surface area contributed by atoms with Crippen LogP contribution in [0.25, 0.3) is 10.9 Å². The summed E-state index contributed by atoms with van der Waals surface area (Å²) in [6, 6.07) is 6.17. The molecule has 1 aromatic heterocycles. The first-order chi connectivity index (χ1) is 6.31. The van der Waals surface area contributed by atoms with E-state index in [9.17, 15) is 0 Å². The average Bonchev–Trinajstić information content (AvgIpc) is 2.49. The van der Waals surface area contributed by atoms with Gasteiger partial charge in [0.1, 0.15) is 0 Å². The molecule has 68 valence electrons. The molecule has 0 spiro atoms. The summed E-state index contributed by atoms with van der Waals surface area (Å²) in [5, 5.41) is 4.38. The lowest BCUT2D eigenvalue weighted by Gasteiger charge is -1.95. The smallest absolute Gasteiger partial charge is 0.0844 e. The molecular formula is C9H9BrN2S. The Labute approximate surface area is 89.3 Å². The first kappa shape index (κ1) is 9.12. The minimum absolute atomic E-state index is 0.887. The van der Waals surface area contributed by atoms with E-state index in [1.807, 2.05) is 19.2 Å². The molecule has 1 aromatic carbocycles. The SMILES string of the molecule is CNCc1snc2ccc(Br)cc12. The molecule has 2 rings (SSSR count). The van der Waals surface area contributed by atoms with E-state index in [1.54, 1.807) is 11.5 Å². The topological polar surface area (TPSA) is 24.9 Å². The molecule has 0 aliphatic heterocycles. The van der Waals surface area contributed by atoms with Gasteiger partial charge in [-0.15, -0.1) is 0 Å². The largest absolute Gasteiger partial charge is 0.315 e. The Morgan fingerprint density at radius 2 is 2.38 bits per heavy atom. The van der Waals surface area contributed by atoms with Crippen LogP contribution in [-0.4, -0.2) is 11.4 Å². The maximum absolute atomic E-state index is 4.36. The average molecular weight is 257 g/mol. The molecule has 1 heterocycles. The summed E-state index contributed by atoms with van der Waals surface area (Å²) in [6.45, 7) is 0.887. The van der Waals surface area contributed by atoms with Gasteiger partial charge in [-0.1, -0.05) is 15.9 Å². The van der Waals surface area contributed by atoms with Gasteiger partial charge in [-0.25, -0.2) is 0 Å². The van der Waals surface area contributed by atoms with E-state index in [2.05, 4.69) is 31.7 Å². The van der Waals surface area contributed by atoms with Crippen LogP contribution < -0.4 is 5.32 Å². The second-order valence-electron chi connectivity index (χ2n) is 2.80. The summed E-state index contributed by atoms with van der Waals surface area (Å²) in [5.41, 5.74) is 1.08. The Kier molecular flexibility index (Phi) is 2.62. The Morgan fingerprint density at radius 1 is 1.54 bits per heavy atom. The molecule has 0 aliphatic rings. The highest BCUT2D eigenvalue weighted by atomic mass is 79.9. The van der Waals surface area contributed by atoms with Gasteiger partial charge in [-0.3, -0.25) is 0 Å². The molecule has 2 aromatic rings. The molecule has 1 N–H and O–H groups in total. The monoisotopic (exact) mass is 256 g/mol.